The molecule has 0 N–H and O–H groups in total. The van der Waals surface area contributed by atoms with Crippen molar-refractivity contribution < 1.29 is 0 Å². The van der Waals surface area contributed by atoms with Crippen molar-refractivity contribution in [3.05, 3.63) is 182 Å². The molecular formula is C48H30N4. The fraction of sp³-hybridized carbons (Fsp3) is 0. The maximum Gasteiger partial charge on any atom is 0.160 e. The quantitative estimate of drug-likeness (QED) is 0.188. The third-order valence-electron chi connectivity index (χ3n) is 10.5. The van der Waals surface area contributed by atoms with E-state index in [2.05, 4.69) is 167 Å². The maximum atomic E-state index is 5.14. The molecule has 0 fully saturated rings. The predicted octanol–water partition coefficient (Wildman–Crippen LogP) is 12.3. The van der Waals surface area contributed by atoms with Crippen molar-refractivity contribution in [1.29, 1.82) is 0 Å². The molecule has 0 bridgehead atoms. The summed E-state index contributed by atoms with van der Waals surface area (Å²) in [4.78, 5) is 10.1. The Balaban J connectivity index is 1.16. The van der Waals surface area contributed by atoms with Crippen molar-refractivity contribution in [3.63, 3.8) is 0 Å². The van der Waals surface area contributed by atoms with E-state index in [1.54, 1.807) is 0 Å². The van der Waals surface area contributed by atoms with Gasteiger partial charge in [0.2, 0.25) is 0 Å². The van der Waals surface area contributed by atoms with Gasteiger partial charge in [-0.3, -0.25) is 0 Å². The highest BCUT2D eigenvalue weighted by Crippen LogP contribution is 2.41. The number of rotatable bonds is 4. The van der Waals surface area contributed by atoms with Crippen LogP contribution in [0, 0.1) is 0 Å². The first-order chi connectivity index (χ1) is 25.8. The first kappa shape index (κ1) is 28.8. The van der Waals surface area contributed by atoms with Crippen molar-refractivity contribution in [1.82, 2.24) is 19.1 Å². The highest BCUT2D eigenvalue weighted by molar-refractivity contribution is 6.18. The molecule has 0 spiro atoms. The Morgan fingerprint density at radius 2 is 0.981 bits per heavy atom. The van der Waals surface area contributed by atoms with Gasteiger partial charge in [0.1, 0.15) is 0 Å². The van der Waals surface area contributed by atoms with E-state index >= 15 is 0 Å². The van der Waals surface area contributed by atoms with Crippen molar-refractivity contribution in [2.24, 2.45) is 0 Å². The Morgan fingerprint density at radius 1 is 0.365 bits per heavy atom. The van der Waals surface area contributed by atoms with E-state index in [1.165, 1.54) is 54.6 Å². The lowest BCUT2D eigenvalue weighted by Gasteiger charge is -2.13. The minimum Gasteiger partial charge on any atom is -0.309 e. The Morgan fingerprint density at radius 3 is 1.73 bits per heavy atom. The average molecular weight is 663 g/mol. The van der Waals surface area contributed by atoms with E-state index in [9.17, 15) is 0 Å². The normalized spacial score (nSPS) is 11.8. The molecule has 4 heteroatoms. The molecule has 3 aromatic heterocycles. The van der Waals surface area contributed by atoms with Crippen molar-refractivity contribution >= 4 is 65.3 Å². The number of nitrogens with zero attached hydrogens (tertiary/aromatic N) is 4. The summed E-state index contributed by atoms with van der Waals surface area (Å²) in [5.74, 6) is 0.727. The molecule has 11 aromatic rings. The van der Waals surface area contributed by atoms with Crippen LogP contribution in [0.5, 0.6) is 0 Å². The molecule has 8 aromatic carbocycles. The molecule has 0 aliphatic carbocycles. The Hall–Kier alpha value is -7.04. The molecule has 0 saturated heterocycles. The summed E-state index contributed by atoms with van der Waals surface area (Å²) in [5.41, 5.74) is 10.9. The van der Waals surface area contributed by atoms with Crippen molar-refractivity contribution in [3.8, 4) is 34.0 Å². The Labute approximate surface area is 299 Å². The van der Waals surface area contributed by atoms with E-state index < -0.39 is 0 Å². The molecule has 4 nitrogen and oxygen atoms in total. The smallest absolute Gasteiger partial charge is 0.160 e. The summed E-state index contributed by atoms with van der Waals surface area (Å²) < 4.78 is 4.87. The fourth-order valence-corrected chi connectivity index (χ4v) is 8.16. The summed E-state index contributed by atoms with van der Waals surface area (Å²) in [5, 5.41) is 8.45. The van der Waals surface area contributed by atoms with E-state index in [4.69, 9.17) is 9.97 Å². The number of hydrogen-bond acceptors (Lipinski definition) is 2. The summed E-state index contributed by atoms with van der Waals surface area (Å²) >= 11 is 0. The summed E-state index contributed by atoms with van der Waals surface area (Å²) in [6, 6.07) is 65.0. The zero-order valence-electron chi connectivity index (χ0n) is 28.1. The Bertz CT molecular complexity index is 3120. The molecule has 52 heavy (non-hydrogen) atoms. The van der Waals surface area contributed by atoms with E-state index in [-0.39, 0.29) is 0 Å². The van der Waals surface area contributed by atoms with Crippen LogP contribution in [0.25, 0.3) is 99.3 Å². The zero-order valence-corrected chi connectivity index (χ0v) is 28.1. The minimum atomic E-state index is 0.727. The first-order valence-electron chi connectivity index (χ1n) is 17.7. The molecule has 0 aliphatic rings. The summed E-state index contributed by atoms with van der Waals surface area (Å²) in [6.45, 7) is 0. The standard InChI is InChI=1S/C48H30N4/c1-2-13-32(14-3-1)48-49-40-20-9-6-19-38(40)47(50-48)31-25-27-35(28-26-31)51-43-23-12-24-44(46(43)39-29-33-15-4-5-16-34(33)30-45(39)51)52-41-21-10-7-17-36(41)37-18-8-11-22-42(37)52/h1-30H. The van der Waals surface area contributed by atoms with Gasteiger partial charge in [0.05, 0.1) is 39.0 Å². The largest absolute Gasteiger partial charge is 0.309 e. The van der Waals surface area contributed by atoms with Crippen molar-refractivity contribution in [2.75, 3.05) is 0 Å². The average Bonchev–Trinajstić information content (AvgIpc) is 3.72. The number of fused-ring (bicyclic) bond motifs is 8. The van der Waals surface area contributed by atoms with Gasteiger partial charge in [-0.2, -0.15) is 0 Å². The molecular weight excluding hydrogens is 633 g/mol. The van der Waals surface area contributed by atoms with Crippen molar-refractivity contribution in [2.45, 2.75) is 0 Å². The minimum absolute atomic E-state index is 0.727. The van der Waals surface area contributed by atoms with Crippen LogP contribution in [-0.4, -0.2) is 19.1 Å². The molecule has 0 radical (unpaired) electrons. The molecule has 0 unspecified atom stereocenters. The molecule has 3 heterocycles. The first-order valence-corrected chi connectivity index (χ1v) is 17.7. The molecule has 0 amide bonds. The van der Waals surface area contributed by atoms with Gasteiger partial charge in [-0.25, -0.2) is 9.97 Å². The van der Waals surface area contributed by atoms with Gasteiger partial charge in [-0.1, -0.05) is 127 Å². The lowest BCUT2D eigenvalue weighted by molar-refractivity contribution is 1.17. The summed E-state index contributed by atoms with van der Waals surface area (Å²) in [7, 11) is 0. The fourth-order valence-electron chi connectivity index (χ4n) is 8.16. The zero-order chi connectivity index (χ0) is 34.2. The van der Waals surface area contributed by atoms with E-state index in [0.717, 1.165) is 44.8 Å². The molecule has 11 rings (SSSR count). The summed E-state index contributed by atoms with van der Waals surface area (Å²) in [6.07, 6.45) is 0. The molecule has 0 aliphatic heterocycles. The van der Waals surface area contributed by atoms with Gasteiger partial charge in [-0.05, 0) is 65.4 Å². The van der Waals surface area contributed by atoms with E-state index in [1.807, 2.05) is 24.3 Å². The van der Waals surface area contributed by atoms with Gasteiger partial charge >= 0.3 is 0 Å². The number of benzene rings is 8. The SMILES string of the molecule is c1ccc(-c2nc(-c3ccc(-n4c5cc6ccccc6cc5c5c(-n6c7ccccc7c7ccccc76)cccc54)cc3)c3ccccc3n2)cc1. The third-order valence-corrected chi connectivity index (χ3v) is 10.5. The molecule has 0 atom stereocenters. The highest BCUT2D eigenvalue weighted by Gasteiger charge is 2.20. The number of aromatic nitrogens is 4. The van der Waals surface area contributed by atoms with Crippen LogP contribution >= 0.6 is 0 Å². The van der Waals surface area contributed by atoms with Crippen LogP contribution in [0.3, 0.4) is 0 Å². The topological polar surface area (TPSA) is 35.6 Å². The Kier molecular flexibility index (Phi) is 6.22. The van der Waals surface area contributed by atoms with Gasteiger partial charge < -0.3 is 9.13 Å². The third kappa shape index (κ3) is 4.28. The number of hydrogen-bond donors (Lipinski definition) is 0. The van der Waals surface area contributed by atoms with Crippen LogP contribution in [0.1, 0.15) is 0 Å². The lowest BCUT2D eigenvalue weighted by atomic mass is 10.0. The molecule has 242 valence electrons. The second kappa shape index (κ2) is 11.2. The molecule has 0 saturated carbocycles. The second-order valence-electron chi connectivity index (χ2n) is 13.4. The lowest BCUT2D eigenvalue weighted by Crippen LogP contribution is -1.97. The number of para-hydroxylation sites is 3. The predicted molar refractivity (Wildman–Crippen MR) is 217 cm³/mol. The van der Waals surface area contributed by atoms with Crippen LogP contribution in [0.2, 0.25) is 0 Å². The van der Waals surface area contributed by atoms with Gasteiger partial charge in [0.15, 0.2) is 5.82 Å². The van der Waals surface area contributed by atoms with Crippen LogP contribution in [-0.2, 0) is 0 Å². The van der Waals surface area contributed by atoms with E-state index in [0.29, 0.717) is 0 Å². The second-order valence-corrected chi connectivity index (χ2v) is 13.4. The van der Waals surface area contributed by atoms with Gasteiger partial charge in [0, 0.05) is 43.7 Å². The van der Waals surface area contributed by atoms with Crippen LogP contribution in [0.4, 0.5) is 0 Å². The van der Waals surface area contributed by atoms with Gasteiger partial charge in [0.25, 0.3) is 0 Å². The maximum absolute atomic E-state index is 5.14. The van der Waals surface area contributed by atoms with Crippen LogP contribution < -0.4 is 0 Å². The highest BCUT2D eigenvalue weighted by atomic mass is 15.0. The van der Waals surface area contributed by atoms with Gasteiger partial charge in [-0.15, -0.1) is 0 Å². The van der Waals surface area contributed by atoms with Crippen LogP contribution in [0.15, 0.2) is 182 Å². The monoisotopic (exact) mass is 662 g/mol.